The molecule has 3 aromatic rings. The fourth-order valence-corrected chi connectivity index (χ4v) is 2.05. The smallest absolute Gasteiger partial charge is 0.0880 e. The lowest BCUT2D eigenvalue weighted by Gasteiger charge is -2.12. The summed E-state index contributed by atoms with van der Waals surface area (Å²) in [6, 6.07) is 10.3. The maximum Gasteiger partial charge on any atom is 0.0880 e. The molecule has 0 spiro atoms. The van der Waals surface area contributed by atoms with Crippen molar-refractivity contribution in [3.05, 3.63) is 59.7 Å². The topological polar surface area (TPSA) is 72.3 Å². The van der Waals surface area contributed by atoms with E-state index in [-0.39, 0.29) is 25.7 Å². The molecule has 27 heavy (non-hydrogen) atoms. The minimum Gasteiger partial charge on any atom is -0.248 e. The van der Waals surface area contributed by atoms with Gasteiger partial charge in [0, 0.05) is 17.0 Å². The number of benzene rings is 1. The first-order valence-corrected chi connectivity index (χ1v) is 8.47. The van der Waals surface area contributed by atoms with Crippen LogP contribution in [0.2, 0.25) is 0 Å². The number of H-pyrrole nitrogens is 1. The Morgan fingerprint density at radius 2 is 1.48 bits per heavy atom. The quantitative estimate of drug-likeness (QED) is 0.687. The van der Waals surface area contributed by atoms with Gasteiger partial charge in [0.15, 0.2) is 0 Å². The average molecular weight is 373 g/mol. The molecule has 0 aliphatic carbocycles. The zero-order valence-electron chi connectivity index (χ0n) is 16.0. The molecule has 0 aliphatic rings. The number of rotatable bonds is 2. The highest BCUT2D eigenvalue weighted by Gasteiger charge is 2.17. The summed E-state index contributed by atoms with van der Waals surface area (Å²) in [6.45, 7) is 13.5. The van der Waals surface area contributed by atoms with Crippen molar-refractivity contribution in [1.29, 1.82) is 0 Å². The van der Waals surface area contributed by atoms with E-state index in [9.17, 15) is 0 Å². The Labute approximate surface area is 164 Å². The van der Waals surface area contributed by atoms with Crippen molar-refractivity contribution in [2.45, 2.75) is 73.8 Å². The standard InChI is InChI=1S/C13H17N3.C6H11N3.2CH4/c1-13(2,3)12-10-16(15-14-12)9-11-7-5-4-6-8-11;1-6(2,3)5-4-7-9-8-5;;/h4-8,10H,9H2,1-3H3;4H,1-3H3,(H,7,8,9);2*1H4. The summed E-state index contributed by atoms with van der Waals surface area (Å²) in [5.74, 6) is 0. The van der Waals surface area contributed by atoms with Gasteiger partial charge in [0.2, 0.25) is 0 Å². The Hall–Kier alpha value is -2.50. The van der Waals surface area contributed by atoms with E-state index in [4.69, 9.17) is 0 Å². The molecule has 0 fully saturated rings. The van der Waals surface area contributed by atoms with Gasteiger partial charge in [-0.15, -0.1) is 5.10 Å². The van der Waals surface area contributed by atoms with Crippen LogP contribution in [0.4, 0.5) is 0 Å². The van der Waals surface area contributed by atoms with Crippen molar-refractivity contribution in [2.75, 3.05) is 0 Å². The summed E-state index contributed by atoms with van der Waals surface area (Å²) in [5.41, 5.74) is 3.46. The Morgan fingerprint density at radius 1 is 0.889 bits per heavy atom. The minimum atomic E-state index is 0. The van der Waals surface area contributed by atoms with Crippen molar-refractivity contribution < 1.29 is 0 Å². The molecule has 0 aliphatic heterocycles. The van der Waals surface area contributed by atoms with Crippen molar-refractivity contribution in [2.24, 2.45) is 0 Å². The van der Waals surface area contributed by atoms with Gasteiger partial charge in [0.25, 0.3) is 0 Å². The lowest BCUT2D eigenvalue weighted by Crippen LogP contribution is -2.11. The molecule has 0 radical (unpaired) electrons. The SMILES string of the molecule is C.C.CC(C)(C)c1cn(Cc2ccccc2)nn1.CC(C)(C)c1cn[nH]n1. The highest BCUT2D eigenvalue weighted by atomic mass is 15.4. The van der Waals surface area contributed by atoms with E-state index >= 15 is 0 Å². The van der Waals surface area contributed by atoms with Crippen LogP contribution in [-0.2, 0) is 17.4 Å². The second kappa shape index (κ2) is 10.00. The van der Waals surface area contributed by atoms with Gasteiger partial charge in [-0.2, -0.15) is 15.4 Å². The van der Waals surface area contributed by atoms with Gasteiger partial charge in [0.05, 0.1) is 24.1 Å². The molecule has 6 heteroatoms. The Kier molecular flexibility index (Phi) is 9.07. The fraction of sp³-hybridized carbons (Fsp3) is 0.524. The highest BCUT2D eigenvalue weighted by Crippen LogP contribution is 2.19. The molecule has 0 saturated heterocycles. The first kappa shape index (κ1) is 24.5. The minimum absolute atomic E-state index is 0. The summed E-state index contributed by atoms with van der Waals surface area (Å²) in [5, 5.41) is 18.6. The molecule has 2 heterocycles. The van der Waals surface area contributed by atoms with Crippen LogP contribution in [0, 0.1) is 0 Å². The average Bonchev–Trinajstić information content (AvgIpc) is 3.19. The zero-order valence-corrected chi connectivity index (χ0v) is 16.0. The molecule has 0 bridgehead atoms. The molecule has 0 unspecified atom stereocenters. The predicted octanol–water partition coefficient (Wildman–Crippen LogP) is 5.00. The van der Waals surface area contributed by atoms with Gasteiger partial charge >= 0.3 is 0 Å². The van der Waals surface area contributed by atoms with Gasteiger partial charge in [-0.05, 0) is 5.56 Å². The largest absolute Gasteiger partial charge is 0.248 e. The molecular weight excluding hydrogens is 336 g/mol. The summed E-state index contributed by atoms with van der Waals surface area (Å²) in [7, 11) is 0. The molecule has 150 valence electrons. The van der Waals surface area contributed by atoms with Crippen molar-refractivity contribution in [1.82, 2.24) is 30.4 Å². The van der Waals surface area contributed by atoms with E-state index < -0.39 is 0 Å². The molecular formula is C21H36N6. The number of hydrogen-bond donors (Lipinski definition) is 1. The van der Waals surface area contributed by atoms with E-state index in [0.717, 1.165) is 17.9 Å². The maximum absolute atomic E-state index is 4.20. The number of aromatic amines is 1. The number of nitrogens with zero attached hydrogens (tertiary/aromatic N) is 5. The molecule has 0 saturated carbocycles. The number of nitrogens with one attached hydrogen (secondary N) is 1. The second-order valence-corrected chi connectivity index (χ2v) is 8.14. The molecule has 1 N–H and O–H groups in total. The van der Waals surface area contributed by atoms with E-state index in [0.29, 0.717) is 0 Å². The van der Waals surface area contributed by atoms with Crippen LogP contribution in [0.15, 0.2) is 42.7 Å². The van der Waals surface area contributed by atoms with Crippen LogP contribution in [0.3, 0.4) is 0 Å². The highest BCUT2D eigenvalue weighted by molar-refractivity contribution is 5.15. The third-order valence-corrected chi connectivity index (χ3v) is 3.68. The van der Waals surface area contributed by atoms with Gasteiger partial charge in [0.1, 0.15) is 0 Å². The first-order chi connectivity index (χ1) is 11.7. The van der Waals surface area contributed by atoms with Crippen molar-refractivity contribution in [3.63, 3.8) is 0 Å². The van der Waals surface area contributed by atoms with Crippen molar-refractivity contribution >= 4 is 0 Å². The summed E-state index contributed by atoms with van der Waals surface area (Å²) in [4.78, 5) is 0. The summed E-state index contributed by atoms with van der Waals surface area (Å²) < 4.78 is 1.88. The van der Waals surface area contributed by atoms with E-state index in [2.05, 4.69) is 79.4 Å². The van der Waals surface area contributed by atoms with Gasteiger partial charge in [-0.25, -0.2) is 4.68 Å². The first-order valence-electron chi connectivity index (χ1n) is 8.47. The van der Waals surface area contributed by atoms with Crippen LogP contribution >= 0.6 is 0 Å². The second-order valence-electron chi connectivity index (χ2n) is 8.14. The molecule has 3 rings (SSSR count). The summed E-state index contributed by atoms with van der Waals surface area (Å²) >= 11 is 0. The van der Waals surface area contributed by atoms with Gasteiger partial charge in [-0.3, -0.25) is 0 Å². The summed E-state index contributed by atoms with van der Waals surface area (Å²) in [6.07, 6.45) is 3.77. The van der Waals surface area contributed by atoms with Crippen molar-refractivity contribution in [3.8, 4) is 0 Å². The Morgan fingerprint density at radius 3 is 1.89 bits per heavy atom. The van der Waals surface area contributed by atoms with Gasteiger partial charge < -0.3 is 0 Å². The van der Waals surface area contributed by atoms with E-state index in [1.165, 1.54) is 5.56 Å². The third-order valence-electron chi connectivity index (χ3n) is 3.68. The Bertz CT molecular complexity index is 746. The maximum atomic E-state index is 4.20. The fourth-order valence-electron chi connectivity index (χ4n) is 2.05. The van der Waals surface area contributed by atoms with Crippen LogP contribution in [0.25, 0.3) is 0 Å². The van der Waals surface area contributed by atoms with Crippen LogP contribution in [0.1, 0.15) is 73.3 Å². The molecule has 1 aromatic carbocycles. The zero-order chi connectivity index (χ0) is 18.5. The number of hydrogen-bond acceptors (Lipinski definition) is 4. The third kappa shape index (κ3) is 7.72. The number of aromatic nitrogens is 6. The van der Waals surface area contributed by atoms with Gasteiger partial charge in [-0.1, -0.05) is 91.9 Å². The van der Waals surface area contributed by atoms with Crippen LogP contribution in [-0.4, -0.2) is 30.4 Å². The molecule has 0 atom stereocenters. The monoisotopic (exact) mass is 372 g/mol. The molecule has 0 amide bonds. The molecule has 6 nitrogen and oxygen atoms in total. The van der Waals surface area contributed by atoms with Crippen LogP contribution < -0.4 is 0 Å². The lowest BCUT2D eigenvalue weighted by atomic mass is 9.93. The van der Waals surface area contributed by atoms with E-state index in [1.54, 1.807) is 6.20 Å². The predicted molar refractivity (Wildman–Crippen MR) is 113 cm³/mol. The lowest BCUT2D eigenvalue weighted by molar-refractivity contribution is 0.566. The molecule has 2 aromatic heterocycles. The van der Waals surface area contributed by atoms with E-state index in [1.807, 2.05) is 29.1 Å². The Balaban J connectivity index is 0.000000532. The normalized spacial score (nSPS) is 10.9. The van der Waals surface area contributed by atoms with Crippen LogP contribution in [0.5, 0.6) is 0 Å².